The Hall–Kier alpha value is -2.99. The molecule has 1 amide bonds. The molecular weight excluding hydrogens is 316 g/mol. The smallest absolute Gasteiger partial charge is 0.241 e. The molecule has 2 heterocycles. The number of aromatic nitrogens is 3. The largest absolute Gasteiger partial charge is 0.386 e. The molecule has 0 aliphatic heterocycles. The highest BCUT2D eigenvalue weighted by molar-refractivity contribution is 5.93. The highest BCUT2D eigenvalue weighted by atomic mass is 16.3. The van der Waals surface area contributed by atoms with E-state index in [0.29, 0.717) is 16.9 Å². The van der Waals surface area contributed by atoms with E-state index in [9.17, 15) is 9.90 Å². The molecule has 25 heavy (non-hydrogen) atoms. The van der Waals surface area contributed by atoms with E-state index < -0.39 is 11.5 Å². The molecule has 2 aromatic heterocycles. The predicted octanol–water partition coefficient (Wildman–Crippen LogP) is 2.66. The zero-order valence-corrected chi connectivity index (χ0v) is 14.4. The van der Waals surface area contributed by atoms with Crippen LogP contribution in [-0.4, -0.2) is 26.0 Å². The molecule has 3 aromatic rings. The van der Waals surface area contributed by atoms with Gasteiger partial charge in [-0.1, -0.05) is 12.1 Å². The molecule has 3 rings (SSSR count). The Morgan fingerprint density at radius 3 is 2.80 bits per heavy atom. The number of amides is 1. The van der Waals surface area contributed by atoms with Crippen LogP contribution in [-0.2, 0) is 10.4 Å². The Balaban J connectivity index is 2.11. The highest BCUT2D eigenvalue weighted by Crippen LogP contribution is 2.29. The number of aliphatic hydroxyl groups is 1. The zero-order chi connectivity index (χ0) is 18.2. The predicted molar refractivity (Wildman–Crippen MR) is 97.5 cm³/mol. The van der Waals surface area contributed by atoms with Gasteiger partial charge in [-0.2, -0.15) is 0 Å². The number of hydrogen-bond acceptors (Lipinski definition) is 4. The van der Waals surface area contributed by atoms with Gasteiger partial charge < -0.3 is 15.8 Å². The quantitative estimate of drug-likeness (QED) is 0.637. The number of aryl methyl sites for hydroxylation is 1. The molecule has 0 saturated carbocycles. The summed E-state index contributed by atoms with van der Waals surface area (Å²) < 4.78 is 0. The molecule has 128 valence electrons. The number of nitrogens with zero attached hydrogens (tertiary/aromatic N) is 2. The van der Waals surface area contributed by atoms with Crippen LogP contribution in [0.25, 0.3) is 28.5 Å². The molecular formula is C19H20N4O2. The first-order chi connectivity index (χ1) is 11.8. The number of aromatic amines is 1. The number of carbonyl (C=O) groups excluding carboxylic acids is 1. The van der Waals surface area contributed by atoms with E-state index in [2.05, 4.69) is 15.0 Å². The molecule has 0 aliphatic rings. The lowest BCUT2D eigenvalue weighted by molar-refractivity contribution is -0.113. The molecule has 0 aliphatic carbocycles. The second-order valence-electron chi connectivity index (χ2n) is 6.52. The van der Waals surface area contributed by atoms with Gasteiger partial charge in [0.25, 0.3) is 0 Å². The number of carbonyl (C=O) groups is 1. The number of nitrogens with two attached hydrogens (primary N) is 1. The van der Waals surface area contributed by atoms with Crippen molar-refractivity contribution >= 4 is 23.1 Å². The summed E-state index contributed by atoms with van der Waals surface area (Å²) in [5.41, 5.74) is 9.63. The second kappa shape index (κ2) is 6.14. The van der Waals surface area contributed by atoms with Gasteiger partial charge in [0.2, 0.25) is 5.91 Å². The van der Waals surface area contributed by atoms with E-state index >= 15 is 0 Å². The summed E-state index contributed by atoms with van der Waals surface area (Å²) in [6.07, 6.45) is 6.30. The van der Waals surface area contributed by atoms with Crippen LogP contribution in [0.15, 0.2) is 36.7 Å². The molecule has 6 heteroatoms. The van der Waals surface area contributed by atoms with Crippen LogP contribution in [0.5, 0.6) is 0 Å². The molecule has 0 bridgehead atoms. The van der Waals surface area contributed by atoms with Gasteiger partial charge in [-0.3, -0.25) is 4.79 Å². The summed E-state index contributed by atoms with van der Waals surface area (Å²) in [7, 11) is 0. The van der Waals surface area contributed by atoms with Crippen molar-refractivity contribution < 1.29 is 9.90 Å². The van der Waals surface area contributed by atoms with Gasteiger partial charge in [0.05, 0.1) is 17.5 Å². The lowest BCUT2D eigenvalue weighted by atomic mass is 9.91. The fraction of sp³-hybridized carbons (Fsp3) is 0.211. The average Bonchev–Trinajstić information content (AvgIpc) is 2.94. The molecule has 0 fully saturated rings. The molecule has 4 N–H and O–H groups in total. The average molecular weight is 336 g/mol. The maximum Gasteiger partial charge on any atom is 0.241 e. The topological polar surface area (TPSA) is 105 Å². The summed E-state index contributed by atoms with van der Waals surface area (Å²) in [4.78, 5) is 23.0. The first-order valence-corrected chi connectivity index (χ1v) is 7.91. The van der Waals surface area contributed by atoms with Crippen LogP contribution < -0.4 is 5.73 Å². The van der Waals surface area contributed by atoms with E-state index in [-0.39, 0.29) is 0 Å². The van der Waals surface area contributed by atoms with Crippen LogP contribution >= 0.6 is 0 Å². The molecule has 0 radical (unpaired) electrons. The Bertz CT molecular complexity index is 981. The first kappa shape index (κ1) is 16.9. The van der Waals surface area contributed by atoms with Crippen LogP contribution in [0.3, 0.4) is 0 Å². The summed E-state index contributed by atoms with van der Waals surface area (Å²) >= 11 is 0. The number of fused-ring (bicyclic) bond motifs is 1. The van der Waals surface area contributed by atoms with Crippen LogP contribution in [0.4, 0.5) is 0 Å². The number of rotatable bonds is 4. The number of hydrogen-bond donors (Lipinski definition) is 3. The van der Waals surface area contributed by atoms with Gasteiger partial charge in [0, 0.05) is 23.4 Å². The van der Waals surface area contributed by atoms with E-state index in [0.717, 1.165) is 22.3 Å². The third-order valence-corrected chi connectivity index (χ3v) is 4.03. The van der Waals surface area contributed by atoms with E-state index in [4.69, 9.17) is 5.73 Å². The van der Waals surface area contributed by atoms with E-state index in [1.165, 1.54) is 6.08 Å². The molecule has 6 nitrogen and oxygen atoms in total. The third-order valence-electron chi connectivity index (χ3n) is 4.03. The van der Waals surface area contributed by atoms with Crippen molar-refractivity contribution in [3.63, 3.8) is 0 Å². The minimum atomic E-state index is -0.943. The molecule has 0 saturated heterocycles. The van der Waals surface area contributed by atoms with Crippen molar-refractivity contribution in [2.75, 3.05) is 0 Å². The van der Waals surface area contributed by atoms with Crippen LogP contribution in [0.1, 0.15) is 30.5 Å². The van der Waals surface area contributed by atoms with Crippen molar-refractivity contribution in [1.82, 2.24) is 15.0 Å². The standard InChI is InChI=1S/C19H20N4O2/c1-11-4-5-12(8-14(11)19(2,3)25)15-10-22-18-17(23-15)13(9-21-18)6-7-16(20)24/h4-10,25H,1-3H3,(H2,20,24)(H,21,22)/b7-6+. The Labute approximate surface area is 145 Å². The number of H-pyrrole nitrogens is 1. The molecule has 0 unspecified atom stereocenters. The Kier molecular flexibility index (Phi) is 4.14. The maximum absolute atomic E-state index is 10.9. The minimum Gasteiger partial charge on any atom is -0.386 e. The van der Waals surface area contributed by atoms with Crippen molar-refractivity contribution in [1.29, 1.82) is 0 Å². The maximum atomic E-state index is 10.9. The summed E-state index contributed by atoms with van der Waals surface area (Å²) in [5, 5.41) is 10.4. The summed E-state index contributed by atoms with van der Waals surface area (Å²) in [6, 6.07) is 5.84. The van der Waals surface area contributed by atoms with Crippen molar-refractivity contribution in [3.05, 3.63) is 53.4 Å². The fourth-order valence-corrected chi connectivity index (χ4v) is 2.79. The lowest BCUT2D eigenvalue weighted by Gasteiger charge is -2.21. The van der Waals surface area contributed by atoms with Crippen LogP contribution in [0, 0.1) is 6.92 Å². The van der Waals surface area contributed by atoms with Crippen molar-refractivity contribution in [2.24, 2.45) is 5.73 Å². The lowest BCUT2D eigenvalue weighted by Crippen LogP contribution is -2.17. The monoisotopic (exact) mass is 336 g/mol. The van der Waals surface area contributed by atoms with Gasteiger partial charge >= 0.3 is 0 Å². The van der Waals surface area contributed by atoms with Gasteiger partial charge in [0.15, 0.2) is 5.65 Å². The number of nitrogens with one attached hydrogen (secondary N) is 1. The van der Waals surface area contributed by atoms with E-state index in [1.54, 1.807) is 32.3 Å². The van der Waals surface area contributed by atoms with Crippen molar-refractivity contribution in [2.45, 2.75) is 26.4 Å². The normalized spacial score (nSPS) is 12.2. The number of primary amides is 1. The van der Waals surface area contributed by atoms with Gasteiger partial charge in [-0.15, -0.1) is 0 Å². The van der Waals surface area contributed by atoms with Gasteiger partial charge in [-0.05, 0) is 44.0 Å². The van der Waals surface area contributed by atoms with Gasteiger partial charge in [0.1, 0.15) is 5.52 Å². The van der Waals surface area contributed by atoms with Gasteiger partial charge in [-0.25, -0.2) is 9.97 Å². The number of benzene rings is 1. The SMILES string of the molecule is Cc1ccc(-c2cnc3[nH]cc(/C=C/C(N)=O)c3n2)cc1C(C)(C)O. The fourth-order valence-electron chi connectivity index (χ4n) is 2.79. The Morgan fingerprint density at radius 2 is 2.12 bits per heavy atom. The minimum absolute atomic E-state index is 0.521. The first-order valence-electron chi connectivity index (χ1n) is 7.91. The van der Waals surface area contributed by atoms with E-state index in [1.807, 2.05) is 25.1 Å². The van der Waals surface area contributed by atoms with Crippen LogP contribution in [0.2, 0.25) is 0 Å². The highest BCUT2D eigenvalue weighted by Gasteiger charge is 2.19. The molecule has 0 spiro atoms. The summed E-state index contributed by atoms with van der Waals surface area (Å²) in [6.45, 7) is 5.48. The molecule has 1 aromatic carbocycles. The van der Waals surface area contributed by atoms with Crippen molar-refractivity contribution in [3.8, 4) is 11.3 Å². The Morgan fingerprint density at radius 1 is 1.36 bits per heavy atom. The zero-order valence-electron chi connectivity index (χ0n) is 14.4. The second-order valence-corrected chi connectivity index (χ2v) is 6.52. The third kappa shape index (κ3) is 3.44. The molecule has 0 atom stereocenters. The summed E-state index contributed by atoms with van der Waals surface area (Å²) in [5.74, 6) is -0.521.